The molecule has 3 rings (SSSR count). The number of hydrogen-bond acceptors (Lipinski definition) is 5. The summed E-state index contributed by atoms with van der Waals surface area (Å²) in [6.07, 6.45) is 5.56. The Bertz CT molecular complexity index is 683. The van der Waals surface area contributed by atoms with E-state index in [0.717, 1.165) is 30.9 Å². The van der Waals surface area contributed by atoms with Crippen molar-refractivity contribution in [3.63, 3.8) is 0 Å². The van der Waals surface area contributed by atoms with Crippen LogP contribution in [-0.2, 0) is 12.1 Å². The van der Waals surface area contributed by atoms with E-state index in [0.29, 0.717) is 12.4 Å². The zero-order valence-corrected chi connectivity index (χ0v) is 12.8. The van der Waals surface area contributed by atoms with Gasteiger partial charge in [-0.1, -0.05) is 0 Å². The molecule has 7 nitrogen and oxygen atoms in total. The number of likely N-dealkylation sites (tertiary alicyclic amines) is 1. The number of aromatic amines is 1. The van der Waals surface area contributed by atoms with Gasteiger partial charge in [0, 0.05) is 18.1 Å². The summed E-state index contributed by atoms with van der Waals surface area (Å²) in [6, 6.07) is 1.63. The molecule has 0 radical (unpaired) electrons. The number of amides is 1. The van der Waals surface area contributed by atoms with Crippen LogP contribution in [0.4, 0.5) is 0 Å². The molecule has 1 fully saturated rings. The predicted molar refractivity (Wildman–Crippen MR) is 80.9 cm³/mol. The molecule has 3 N–H and O–H groups in total. The second-order valence-corrected chi connectivity index (χ2v) is 5.92. The fraction of sp³-hybridized carbons (Fsp3) is 0.467. The molecule has 116 valence electrons. The first-order chi connectivity index (χ1) is 10.5. The number of carbonyl (C=O) groups excluding carboxylic acids is 1. The molecule has 22 heavy (non-hydrogen) atoms. The van der Waals surface area contributed by atoms with E-state index in [1.807, 2.05) is 13.1 Å². The number of nitrogens with one attached hydrogen (secondary N) is 1. The van der Waals surface area contributed by atoms with E-state index in [-0.39, 0.29) is 11.2 Å². The van der Waals surface area contributed by atoms with E-state index in [4.69, 9.17) is 5.73 Å². The van der Waals surface area contributed by atoms with E-state index in [1.165, 1.54) is 0 Å². The van der Waals surface area contributed by atoms with Gasteiger partial charge >= 0.3 is 0 Å². The molecule has 0 spiro atoms. The van der Waals surface area contributed by atoms with Crippen molar-refractivity contribution in [1.82, 2.24) is 24.8 Å². The Morgan fingerprint density at radius 2 is 2.32 bits per heavy atom. The van der Waals surface area contributed by atoms with Gasteiger partial charge in [-0.25, -0.2) is 15.0 Å². The van der Waals surface area contributed by atoms with Gasteiger partial charge in [-0.2, -0.15) is 0 Å². The largest absolute Gasteiger partial charge is 0.364 e. The molecule has 1 aliphatic rings. The van der Waals surface area contributed by atoms with Crippen molar-refractivity contribution in [3.05, 3.63) is 41.5 Å². The third-order valence-electron chi connectivity index (χ3n) is 4.27. The van der Waals surface area contributed by atoms with E-state index in [2.05, 4.69) is 31.8 Å². The van der Waals surface area contributed by atoms with E-state index in [9.17, 15) is 4.79 Å². The number of aromatic nitrogens is 4. The Balaban J connectivity index is 1.95. The Morgan fingerprint density at radius 1 is 1.50 bits per heavy atom. The van der Waals surface area contributed by atoms with Crippen LogP contribution >= 0.6 is 0 Å². The first kappa shape index (κ1) is 14.6. The summed E-state index contributed by atoms with van der Waals surface area (Å²) in [5.74, 6) is 1.05. The number of H-pyrrole nitrogens is 1. The topological polar surface area (TPSA) is 101 Å². The first-order valence-corrected chi connectivity index (χ1v) is 7.38. The Hall–Kier alpha value is -2.28. The molecule has 1 aliphatic heterocycles. The molecule has 0 bridgehead atoms. The average Bonchev–Trinajstić information content (AvgIpc) is 3.10. The summed E-state index contributed by atoms with van der Waals surface area (Å²) in [5.41, 5.74) is 6.09. The molecule has 2 aromatic rings. The predicted octanol–water partition coefficient (Wildman–Crippen LogP) is 1.12. The molecule has 1 atom stereocenters. The molecule has 1 amide bonds. The molecular formula is C15H20N6O. The maximum absolute atomic E-state index is 11.5. The van der Waals surface area contributed by atoms with Gasteiger partial charge < -0.3 is 10.7 Å². The van der Waals surface area contributed by atoms with Crippen LogP contribution in [-0.4, -0.2) is 37.3 Å². The van der Waals surface area contributed by atoms with E-state index < -0.39 is 5.91 Å². The quantitative estimate of drug-likeness (QED) is 0.881. The van der Waals surface area contributed by atoms with Crippen LogP contribution in [0.2, 0.25) is 0 Å². The number of primary amides is 1. The third kappa shape index (κ3) is 2.59. The third-order valence-corrected chi connectivity index (χ3v) is 4.27. The van der Waals surface area contributed by atoms with Crippen molar-refractivity contribution in [2.45, 2.75) is 38.8 Å². The maximum atomic E-state index is 11.5. The van der Waals surface area contributed by atoms with Gasteiger partial charge in [0.1, 0.15) is 17.3 Å². The molecule has 0 saturated carbocycles. The first-order valence-electron chi connectivity index (χ1n) is 7.38. The second-order valence-electron chi connectivity index (χ2n) is 5.92. The summed E-state index contributed by atoms with van der Waals surface area (Å²) >= 11 is 0. The molecule has 0 aliphatic carbocycles. The number of hydrogen-bond donors (Lipinski definition) is 2. The van der Waals surface area contributed by atoms with Gasteiger partial charge in [0.15, 0.2) is 0 Å². The van der Waals surface area contributed by atoms with Gasteiger partial charge in [-0.15, -0.1) is 0 Å². The summed E-state index contributed by atoms with van der Waals surface area (Å²) in [6.45, 7) is 5.61. The summed E-state index contributed by atoms with van der Waals surface area (Å²) < 4.78 is 0. The number of rotatable bonds is 4. The highest BCUT2D eigenvalue weighted by Crippen LogP contribution is 2.37. The number of nitrogens with two attached hydrogens (primary N) is 1. The lowest BCUT2D eigenvalue weighted by molar-refractivity contribution is 0.0991. The Kier molecular flexibility index (Phi) is 3.66. The molecule has 1 saturated heterocycles. The number of aryl methyl sites for hydroxylation is 1. The highest BCUT2D eigenvalue weighted by molar-refractivity contribution is 5.90. The minimum atomic E-state index is -0.522. The van der Waals surface area contributed by atoms with E-state index in [1.54, 1.807) is 12.3 Å². The lowest BCUT2D eigenvalue weighted by Gasteiger charge is -2.33. The van der Waals surface area contributed by atoms with Crippen molar-refractivity contribution in [2.75, 3.05) is 6.54 Å². The fourth-order valence-corrected chi connectivity index (χ4v) is 3.03. The second kappa shape index (κ2) is 5.49. The van der Waals surface area contributed by atoms with Crippen LogP contribution in [0.1, 0.15) is 47.6 Å². The van der Waals surface area contributed by atoms with Crippen molar-refractivity contribution in [1.29, 1.82) is 0 Å². The van der Waals surface area contributed by atoms with Crippen molar-refractivity contribution in [2.24, 2.45) is 5.73 Å². The smallest absolute Gasteiger partial charge is 0.267 e. The highest BCUT2D eigenvalue weighted by atomic mass is 16.1. The molecular weight excluding hydrogens is 280 g/mol. The van der Waals surface area contributed by atoms with Crippen LogP contribution in [0, 0.1) is 6.92 Å². The van der Waals surface area contributed by atoms with Gasteiger partial charge in [-0.3, -0.25) is 9.69 Å². The lowest BCUT2D eigenvalue weighted by Crippen LogP contribution is -2.40. The zero-order valence-electron chi connectivity index (χ0n) is 12.8. The highest BCUT2D eigenvalue weighted by Gasteiger charge is 2.41. The fourth-order valence-electron chi connectivity index (χ4n) is 3.03. The standard InChI is InChI=1S/C15H20N6O/c1-10-8-11(13(16)22)20-14(19-10)15(2)4-3-7-21(15)9-12-17-5-6-18-12/h5-6,8H,3-4,7,9H2,1-2H3,(H2,16,22)(H,17,18)/t15-/m0/s1. The van der Waals surface area contributed by atoms with Crippen LogP contribution < -0.4 is 5.73 Å². The average molecular weight is 300 g/mol. The number of carbonyl (C=O) groups is 1. The molecule has 7 heteroatoms. The van der Waals surface area contributed by atoms with Gasteiger partial charge in [0.25, 0.3) is 5.91 Å². The normalized spacial score (nSPS) is 22.1. The monoisotopic (exact) mass is 300 g/mol. The lowest BCUT2D eigenvalue weighted by atomic mass is 9.97. The number of nitrogens with zero attached hydrogens (tertiary/aromatic N) is 4. The minimum absolute atomic E-state index is 0.272. The van der Waals surface area contributed by atoms with Crippen molar-refractivity contribution >= 4 is 5.91 Å². The summed E-state index contributed by atoms with van der Waals surface area (Å²) in [4.78, 5) is 30.1. The summed E-state index contributed by atoms with van der Waals surface area (Å²) in [5, 5.41) is 0. The van der Waals surface area contributed by atoms with Crippen molar-refractivity contribution < 1.29 is 4.79 Å². The van der Waals surface area contributed by atoms with Gasteiger partial charge in [0.2, 0.25) is 0 Å². The summed E-state index contributed by atoms with van der Waals surface area (Å²) in [7, 11) is 0. The maximum Gasteiger partial charge on any atom is 0.267 e. The molecule has 0 unspecified atom stereocenters. The van der Waals surface area contributed by atoms with Gasteiger partial charge in [0.05, 0.1) is 12.1 Å². The van der Waals surface area contributed by atoms with Crippen LogP contribution in [0.25, 0.3) is 0 Å². The SMILES string of the molecule is Cc1cc(C(N)=O)nc([C@]2(C)CCCN2Cc2ncc[nH]2)n1. The van der Waals surface area contributed by atoms with Crippen LogP contribution in [0.3, 0.4) is 0 Å². The van der Waals surface area contributed by atoms with Gasteiger partial charge in [-0.05, 0) is 39.3 Å². The van der Waals surface area contributed by atoms with Crippen molar-refractivity contribution in [3.8, 4) is 0 Å². The minimum Gasteiger partial charge on any atom is -0.364 e. The van der Waals surface area contributed by atoms with Crippen LogP contribution in [0.15, 0.2) is 18.5 Å². The molecule has 0 aromatic carbocycles. The Labute approximate surface area is 129 Å². The molecule has 2 aromatic heterocycles. The molecule has 3 heterocycles. The van der Waals surface area contributed by atoms with E-state index >= 15 is 0 Å². The zero-order chi connectivity index (χ0) is 15.7. The Morgan fingerprint density at radius 3 is 3.00 bits per heavy atom. The number of imidazole rings is 1. The van der Waals surface area contributed by atoms with Crippen LogP contribution in [0.5, 0.6) is 0 Å².